The fourth-order valence-corrected chi connectivity index (χ4v) is 2.95. The first kappa shape index (κ1) is 18.1. The lowest BCUT2D eigenvalue weighted by Gasteiger charge is -2.09. The summed E-state index contributed by atoms with van der Waals surface area (Å²) in [6.45, 7) is 0. The maximum Gasteiger partial charge on any atom is 0.324 e. The van der Waals surface area contributed by atoms with E-state index in [9.17, 15) is 19.7 Å². The van der Waals surface area contributed by atoms with E-state index in [1.165, 1.54) is 12.1 Å². The number of para-hydroxylation sites is 1. The van der Waals surface area contributed by atoms with Gasteiger partial charge in [-0.2, -0.15) is 0 Å². The number of carbonyl (C=O) groups is 2. The summed E-state index contributed by atoms with van der Waals surface area (Å²) in [6.07, 6.45) is 0. The molecule has 136 valence electrons. The molecule has 0 aliphatic carbocycles. The molecule has 0 unspecified atom stereocenters. The molecule has 3 aromatic rings. The predicted molar refractivity (Wildman–Crippen MR) is 104 cm³/mol. The molecule has 0 bridgehead atoms. The van der Waals surface area contributed by atoms with E-state index in [2.05, 4.69) is 16.0 Å². The highest BCUT2D eigenvalue weighted by Gasteiger charge is 2.15. The van der Waals surface area contributed by atoms with Gasteiger partial charge in [-0.25, -0.2) is 4.79 Å². The molecule has 27 heavy (non-hydrogen) atoms. The van der Waals surface area contributed by atoms with Crippen LogP contribution in [-0.4, -0.2) is 16.9 Å². The summed E-state index contributed by atoms with van der Waals surface area (Å²) in [6, 6.07) is 17.8. The van der Waals surface area contributed by atoms with Crippen LogP contribution in [0.5, 0.6) is 0 Å². The van der Waals surface area contributed by atoms with E-state index in [-0.39, 0.29) is 9.88 Å². The quantitative estimate of drug-likeness (QED) is 0.443. The summed E-state index contributed by atoms with van der Waals surface area (Å²) in [5.41, 5.74) is 1.59. The Kier molecular flexibility index (Phi) is 5.43. The maximum absolute atomic E-state index is 12.2. The van der Waals surface area contributed by atoms with Crippen LogP contribution in [0.1, 0.15) is 9.67 Å². The van der Waals surface area contributed by atoms with Gasteiger partial charge in [0, 0.05) is 23.1 Å². The van der Waals surface area contributed by atoms with Crippen LogP contribution in [0.4, 0.5) is 26.9 Å². The number of nitro groups is 1. The molecule has 0 saturated heterocycles. The van der Waals surface area contributed by atoms with E-state index in [0.29, 0.717) is 17.1 Å². The predicted octanol–water partition coefficient (Wildman–Crippen LogP) is 4.55. The first-order chi connectivity index (χ1) is 13.0. The van der Waals surface area contributed by atoms with Gasteiger partial charge in [0.05, 0.1) is 9.80 Å². The molecule has 8 nitrogen and oxygen atoms in total. The molecule has 3 amide bonds. The molecule has 3 N–H and O–H groups in total. The average Bonchev–Trinajstić information content (AvgIpc) is 3.13. The summed E-state index contributed by atoms with van der Waals surface area (Å²) in [4.78, 5) is 34.6. The molecule has 0 fully saturated rings. The Labute approximate surface area is 158 Å². The van der Waals surface area contributed by atoms with Gasteiger partial charge in [0.2, 0.25) is 0 Å². The molecular formula is C18H14N4O4S. The van der Waals surface area contributed by atoms with Crippen LogP contribution >= 0.6 is 11.3 Å². The van der Waals surface area contributed by atoms with Crippen LogP contribution in [0.3, 0.4) is 0 Å². The number of hydrogen-bond acceptors (Lipinski definition) is 5. The van der Waals surface area contributed by atoms with Crippen molar-refractivity contribution in [2.75, 3.05) is 16.0 Å². The van der Waals surface area contributed by atoms with Gasteiger partial charge in [-0.15, -0.1) is 0 Å². The molecule has 9 heteroatoms. The second-order valence-electron chi connectivity index (χ2n) is 5.38. The molecule has 1 heterocycles. The average molecular weight is 382 g/mol. The van der Waals surface area contributed by atoms with Crippen LogP contribution < -0.4 is 16.0 Å². The minimum atomic E-state index is -0.544. The van der Waals surface area contributed by atoms with E-state index in [0.717, 1.165) is 11.3 Å². The molecular weight excluding hydrogens is 368 g/mol. The minimum Gasteiger partial charge on any atom is -0.321 e. The van der Waals surface area contributed by atoms with E-state index in [4.69, 9.17) is 0 Å². The zero-order chi connectivity index (χ0) is 19.2. The summed E-state index contributed by atoms with van der Waals surface area (Å²) in [7, 11) is 0. The SMILES string of the molecule is O=C(Nc1ccccc1)Nc1cccc(NC(=O)c2ccc([N+](=O)[O-])s2)c1. The van der Waals surface area contributed by atoms with Gasteiger partial charge in [0.1, 0.15) is 0 Å². The smallest absolute Gasteiger partial charge is 0.321 e. The molecule has 0 aliphatic heterocycles. The van der Waals surface area contributed by atoms with Crippen LogP contribution in [0, 0.1) is 10.1 Å². The Balaban J connectivity index is 1.63. The highest BCUT2D eigenvalue weighted by Crippen LogP contribution is 2.25. The molecule has 0 radical (unpaired) electrons. The number of rotatable bonds is 5. The normalized spacial score (nSPS) is 10.1. The number of hydrogen-bond donors (Lipinski definition) is 3. The van der Waals surface area contributed by atoms with Crippen molar-refractivity contribution in [2.45, 2.75) is 0 Å². The molecule has 0 atom stereocenters. The topological polar surface area (TPSA) is 113 Å². The van der Waals surface area contributed by atoms with Crippen molar-refractivity contribution in [2.24, 2.45) is 0 Å². The van der Waals surface area contributed by atoms with Gasteiger partial charge in [-0.1, -0.05) is 35.6 Å². The second kappa shape index (κ2) is 8.11. The number of nitrogens with one attached hydrogen (secondary N) is 3. The number of amides is 3. The summed E-state index contributed by atoms with van der Waals surface area (Å²) in [5, 5.41) is 18.6. The van der Waals surface area contributed by atoms with E-state index < -0.39 is 16.9 Å². The van der Waals surface area contributed by atoms with E-state index in [1.807, 2.05) is 6.07 Å². The Hall–Kier alpha value is -3.72. The van der Waals surface area contributed by atoms with Crippen molar-refractivity contribution < 1.29 is 14.5 Å². The van der Waals surface area contributed by atoms with Crippen molar-refractivity contribution in [3.8, 4) is 0 Å². The lowest BCUT2D eigenvalue weighted by atomic mass is 10.2. The summed E-state index contributed by atoms with van der Waals surface area (Å²) >= 11 is 0.794. The second-order valence-corrected chi connectivity index (χ2v) is 6.44. The zero-order valence-corrected chi connectivity index (χ0v) is 14.7. The van der Waals surface area contributed by atoms with Gasteiger partial charge in [-0.3, -0.25) is 14.9 Å². The highest BCUT2D eigenvalue weighted by atomic mass is 32.1. The Bertz CT molecular complexity index is 988. The van der Waals surface area contributed by atoms with Gasteiger partial charge < -0.3 is 16.0 Å². The standard InChI is InChI=1S/C18H14N4O4S/c23-17(15-9-10-16(27-15)22(25)26)19-13-7-4-8-14(11-13)21-18(24)20-12-5-2-1-3-6-12/h1-11H,(H,19,23)(H2,20,21,24). The monoisotopic (exact) mass is 382 g/mol. The van der Waals surface area contributed by atoms with Crippen molar-refractivity contribution in [1.82, 2.24) is 0 Å². The largest absolute Gasteiger partial charge is 0.324 e. The molecule has 0 aliphatic rings. The number of benzene rings is 2. The van der Waals surface area contributed by atoms with Crippen LogP contribution in [-0.2, 0) is 0 Å². The molecule has 2 aromatic carbocycles. The Morgan fingerprint density at radius 2 is 1.44 bits per heavy atom. The summed E-state index contributed by atoms with van der Waals surface area (Å²) in [5.74, 6) is -0.459. The Morgan fingerprint density at radius 3 is 2.11 bits per heavy atom. The third-order valence-corrected chi connectivity index (χ3v) is 4.44. The fraction of sp³-hybridized carbons (Fsp3) is 0. The minimum absolute atomic E-state index is 0.104. The van der Waals surface area contributed by atoms with Gasteiger partial charge in [-0.05, 0) is 36.4 Å². The molecule has 0 saturated carbocycles. The third-order valence-electron chi connectivity index (χ3n) is 3.41. The van der Waals surface area contributed by atoms with Crippen LogP contribution in [0.2, 0.25) is 0 Å². The van der Waals surface area contributed by atoms with Crippen LogP contribution in [0.25, 0.3) is 0 Å². The first-order valence-corrected chi connectivity index (χ1v) is 8.61. The third kappa shape index (κ3) is 4.89. The number of thiophene rings is 1. The fourth-order valence-electron chi connectivity index (χ4n) is 2.23. The molecule has 1 aromatic heterocycles. The van der Waals surface area contributed by atoms with Crippen LogP contribution in [0.15, 0.2) is 66.7 Å². The van der Waals surface area contributed by atoms with E-state index >= 15 is 0 Å². The lowest BCUT2D eigenvalue weighted by Crippen LogP contribution is -2.19. The van der Waals surface area contributed by atoms with Crippen molar-refractivity contribution >= 4 is 45.3 Å². The highest BCUT2D eigenvalue weighted by molar-refractivity contribution is 7.17. The van der Waals surface area contributed by atoms with Gasteiger partial charge >= 0.3 is 11.0 Å². The lowest BCUT2D eigenvalue weighted by molar-refractivity contribution is -0.380. The molecule has 3 rings (SSSR count). The number of anilines is 3. The van der Waals surface area contributed by atoms with Gasteiger partial charge in [0.15, 0.2) is 0 Å². The van der Waals surface area contributed by atoms with Crippen molar-refractivity contribution in [1.29, 1.82) is 0 Å². The Morgan fingerprint density at radius 1 is 0.815 bits per heavy atom. The summed E-state index contributed by atoms with van der Waals surface area (Å²) < 4.78 is 0. The zero-order valence-electron chi connectivity index (χ0n) is 13.8. The first-order valence-electron chi connectivity index (χ1n) is 7.80. The maximum atomic E-state index is 12.2. The van der Waals surface area contributed by atoms with E-state index in [1.54, 1.807) is 48.5 Å². The van der Waals surface area contributed by atoms with Gasteiger partial charge in [0.25, 0.3) is 5.91 Å². The number of urea groups is 1. The van der Waals surface area contributed by atoms with Crippen molar-refractivity contribution in [3.63, 3.8) is 0 Å². The number of nitrogens with zero attached hydrogens (tertiary/aromatic N) is 1. The number of carbonyl (C=O) groups excluding carboxylic acids is 2. The van der Waals surface area contributed by atoms with Crippen molar-refractivity contribution in [3.05, 3.63) is 81.7 Å². The molecule has 0 spiro atoms.